The van der Waals surface area contributed by atoms with Gasteiger partial charge in [0.25, 0.3) is 0 Å². The molecule has 2 atom stereocenters. The molecule has 0 aliphatic carbocycles. The average Bonchev–Trinajstić information content (AvgIpc) is 2.79. The number of aromatic hydroxyl groups is 6. The summed E-state index contributed by atoms with van der Waals surface area (Å²) in [5.41, 5.74) is -0.732. The zero-order valence-corrected chi connectivity index (χ0v) is 17.8. The van der Waals surface area contributed by atoms with Crippen LogP contribution in [-0.4, -0.2) is 60.7 Å². The highest BCUT2D eigenvalue weighted by Gasteiger charge is 2.40. The van der Waals surface area contributed by atoms with Crippen molar-refractivity contribution in [3.8, 4) is 51.7 Å². The molecule has 35 heavy (non-hydrogen) atoms. The standard InChI is InChI=1S/C23H18O12/c1-33-16-5-9(4-12(26)18(16)29)23(32)35-22-13(27)2-8(3-14(22)28)21-20(31)19(30)17-11(25)6-10(24)7-15(17)34-21/h2-7,20-21,24-29,31H,1H3/t20-,21+/m0/s1. The van der Waals surface area contributed by atoms with E-state index in [0.717, 1.165) is 36.4 Å². The Labute approximate surface area is 196 Å². The summed E-state index contributed by atoms with van der Waals surface area (Å²) in [6, 6.07) is 5.81. The van der Waals surface area contributed by atoms with Crippen LogP contribution in [0.1, 0.15) is 32.4 Å². The summed E-state index contributed by atoms with van der Waals surface area (Å²) in [7, 11) is 1.19. The second kappa shape index (κ2) is 8.50. The van der Waals surface area contributed by atoms with Crippen molar-refractivity contribution in [1.82, 2.24) is 0 Å². The van der Waals surface area contributed by atoms with E-state index in [9.17, 15) is 45.3 Å². The minimum absolute atomic E-state index is 0.0990. The van der Waals surface area contributed by atoms with Gasteiger partial charge in [0, 0.05) is 17.7 Å². The van der Waals surface area contributed by atoms with E-state index in [0.29, 0.717) is 0 Å². The van der Waals surface area contributed by atoms with Gasteiger partial charge in [-0.2, -0.15) is 0 Å². The van der Waals surface area contributed by atoms with E-state index in [1.54, 1.807) is 0 Å². The van der Waals surface area contributed by atoms with Crippen LogP contribution >= 0.6 is 0 Å². The first-order valence-corrected chi connectivity index (χ1v) is 9.84. The molecular formula is C23H18O12. The molecule has 0 spiro atoms. The molecule has 1 aliphatic rings. The molecule has 182 valence electrons. The third kappa shape index (κ3) is 4.02. The molecule has 0 radical (unpaired) electrons. The van der Waals surface area contributed by atoms with E-state index in [4.69, 9.17) is 14.2 Å². The summed E-state index contributed by atoms with van der Waals surface area (Å²) in [5.74, 6) is -7.05. The van der Waals surface area contributed by atoms with Gasteiger partial charge in [-0.25, -0.2) is 4.79 Å². The first-order chi connectivity index (χ1) is 16.5. The maximum Gasteiger partial charge on any atom is 0.344 e. The molecule has 0 aromatic heterocycles. The summed E-state index contributed by atoms with van der Waals surface area (Å²) in [6.07, 6.45) is -3.31. The number of carbonyl (C=O) groups is 2. The van der Waals surface area contributed by atoms with Crippen LogP contribution in [0.15, 0.2) is 36.4 Å². The highest BCUT2D eigenvalue weighted by Crippen LogP contribution is 2.45. The van der Waals surface area contributed by atoms with Crippen LogP contribution in [0.2, 0.25) is 0 Å². The summed E-state index contributed by atoms with van der Waals surface area (Å²) >= 11 is 0. The Morgan fingerprint density at radius 1 is 0.886 bits per heavy atom. The molecule has 12 heteroatoms. The fraction of sp³-hybridized carbons (Fsp3) is 0.130. The number of hydrogen-bond acceptors (Lipinski definition) is 12. The smallest absolute Gasteiger partial charge is 0.344 e. The Morgan fingerprint density at radius 3 is 2.17 bits per heavy atom. The second-order valence-corrected chi connectivity index (χ2v) is 7.51. The van der Waals surface area contributed by atoms with Crippen molar-refractivity contribution in [3.05, 3.63) is 53.1 Å². The van der Waals surface area contributed by atoms with Crippen LogP contribution in [0.3, 0.4) is 0 Å². The second-order valence-electron chi connectivity index (χ2n) is 7.51. The molecule has 3 aromatic carbocycles. The zero-order valence-electron chi connectivity index (χ0n) is 17.8. The molecule has 4 rings (SSSR count). The molecule has 0 fully saturated rings. The molecule has 0 bridgehead atoms. The molecule has 3 aromatic rings. The summed E-state index contributed by atoms with van der Waals surface area (Å²) in [4.78, 5) is 25.0. The lowest BCUT2D eigenvalue weighted by atomic mass is 9.92. The number of carbonyl (C=O) groups excluding carboxylic acids is 2. The highest BCUT2D eigenvalue weighted by atomic mass is 16.5. The van der Waals surface area contributed by atoms with Crippen LogP contribution < -0.4 is 14.2 Å². The number of rotatable bonds is 4. The van der Waals surface area contributed by atoms with Gasteiger partial charge in [0.05, 0.1) is 12.7 Å². The lowest BCUT2D eigenvalue weighted by Crippen LogP contribution is -2.36. The van der Waals surface area contributed by atoms with Crippen molar-refractivity contribution in [1.29, 1.82) is 0 Å². The molecule has 1 heterocycles. The van der Waals surface area contributed by atoms with Gasteiger partial charge in [-0.1, -0.05) is 0 Å². The molecule has 1 aliphatic heterocycles. The highest BCUT2D eigenvalue weighted by molar-refractivity contribution is 6.05. The quantitative estimate of drug-likeness (QED) is 0.160. The minimum Gasteiger partial charge on any atom is -0.508 e. The third-order valence-electron chi connectivity index (χ3n) is 5.23. The number of phenolic OH excluding ortho intramolecular Hbond substituents is 6. The first-order valence-electron chi connectivity index (χ1n) is 9.84. The third-order valence-corrected chi connectivity index (χ3v) is 5.23. The van der Waals surface area contributed by atoms with Crippen molar-refractivity contribution < 1.29 is 59.5 Å². The number of ether oxygens (including phenoxy) is 3. The first kappa shape index (κ1) is 23.3. The van der Waals surface area contributed by atoms with Crippen molar-refractivity contribution in [2.24, 2.45) is 0 Å². The number of fused-ring (bicyclic) bond motifs is 1. The van der Waals surface area contributed by atoms with E-state index in [2.05, 4.69) is 0 Å². The van der Waals surface area contributed by atoms with E-state index in [1.165, 1.54) is 7.11 Å². The van der Waals surface area contributed by atoms with Gasteiger partial charge in [-0.05, 0) is 24.3 Å². The molecule has 0 saturated heterocycles. The maximum atomic E-state index is 12.6. The topological polar surface area (TPSA) is 203 Å². The van der Waals surface area contributed by atoms with Crippen LogP contribution in [0.4, 0.5) is 0 Å². The molecule has 0 unspecified atom stereocenters. The fourth-order valence-corrected chi connectivity index (χ4v) is 3.57. The largest absolute Gasteiger partial charge is 0.508 e. The van der Waals surface area contributed by atoms with Crippen molar-refractivity contribution in [2.75, 3.05) is 7.11 Å². The SMILES string of the molecule is COc1cc(C(=O)Oc2c(O)cc([C@H]3Oc4cc(O)cc(O)c4C(=O)[C@@H]3O)cc2O)cc(O)c1O. The van der Waals surface area contributed by atoms with E-state index in [1.807, 2.05) is 0 Å². The lowest BCUT2D eigenvalue weighted by molar-refractivity contribution is 0.0209. The van der Waals surface area contributed by atoms with Gasteiger partial charge in [-0.15, -0.1) is 0 Å². The number of aliphatic hydroxyl groups excluding tert-OH is 1. The number of benzene rings is 3. The van der Waals surface area contributed by atoms with Crippen LogP contribution in [0, 0.1) is 0 Å². The predicted molar refractivity (Wildman–Crippen MR) is 115 cm³/mol. The number of esters is 1. The Morgan fingerprint density at radius 2 is 1.54 bits per heavy atom. The van der Waals surface area contributed by atoms with E-state index < -0.39 is 64.2 Å². The maximum absolute atomic E-state index is 12.6. The Kier molecular flexibility index (Phi) is 5.66. The van der Waals surface area contributed by atoms with Gasteiger partial charge < -0.3 is 50.0 Å². The van der Waals surface area contributed by atoms with E-state index in [-0.39, 0.29) is 28.2 Å². The van der Waals surface area contributed by atoms with Gasteiger partial charge in [0.1, 0.15) is 22.8 Å². The van der Waals surface area contributed by atoms with Crippen molar-refractivity contribution >= 4 is 11.8 Å². The van der Waals surface area contributed by atoms with Gasteiger partial charge >= 0.3 is 5.97 Å². The normalized spacial score (nSPS) is 16.8. The molecule has 7 N–H and O–H groups in total. The molecular weight excluding hydrogens is 468 g/mol. The number of Topliss-reactive ketones (excluding diaryl/α,β-unsaturated/α-hetero) is 1. The summed E-state index contributed by atoms with van der Waals surface area (Å²) < 4.78 is 15.4. The summed E-state index contributed by atoms with van der Waals surface area (Å²) in [6.45, 7) is 0. The Hall–Kier alpha value is -4.84. The van der Waals surface area contributed by atoms with Crippen molar-refractivity contribution in [2.45, 2.75) is 12.2 Å². The predicted octanol–water partition coefficient (Wildman–Crippen LogP) is 1.83. The Balaban J connectivity index is 1.65. The van der Waals surface area contributed by atoms with Crippen molar-refractivity contribution in [3.63, 3.8) is 0 Å². The van der Waals surface area contributed by atoms with Crippen LogP contribution in [0.25, 0.3) is 0 Å². The zero-order chi connectivity index (χ0) is 25.6. The summed E-state index contributed by atoms with van der Waals surface area (Å²) in [5, 5.41) is 70.2. The number of aliphatic hydroxyl groups is 1. The Bertz CT molecular complexity index is 1340. The van der Waals surface area contributed by atoms with Gasteiger partial charge in [0.2, 0.25) is 17.3 Å². The number of ketones is 1. The molecule has 12 nitrogen and oxygen atoms in total. The molecule has 0 saturated carbocycles. The average molecular weight is 486 g/mol. The number of methoxy groups -OCH3 is 1. The molecule has 0 amide bonds. The number of hydrogen-bond donors (Lipinski definition) is 7. The monoisotopic (exact) mass is 486 g/mol. The lowest BCUT2D eigenvalue weighted by Gasteiger charge is -2.30. The van der Waals surface area contributed by atoms with Crippen LogP contribution in [-0.2, 0) is 0 Å². The fourth-order valence-electron chi connectivity index (χ4n) is 3.57. The van der Waals surface area contributed by atoms with E-state index >= 15 is 0 Å². The number of phenols is 6. The minimum atomic E-state index is -1.85. The van der Waals surface area contributed by atoms with Crippen LogP contribution in [0.5, 0.6) is 51.7 Å². The van der Waals surface area contributed by atoms with Gasteiger partial charge in [-0.3, -0.25) is 4.79 Å². The van der Waals surface area contributed by atoms with Gasteiger partial charge in [0.15, 0.2) is 35.2 Å².